The predicted molar refractivity (Wildman–Crippen MR) is 49.2 cm³/mol. The molecule has 0 aromatic heterocycles. The lowest BCUT2D eigenvalue weighted by atomic mass is 9.96. The molecule has 0 saturated carbocycles. The summed E-state index contributed by atoms with van der Waals surface area (Å²) in [6, 6.07) is 0. The molecule has 5 heteroatoms. The summed E-state index contributed by atoms with van der Waals surface area (Å²) < 4.78 is 23.5. The molecule has 1 amide bonds. The summed E-state index contributed by atoms with van der Waals surface area (Å²) in [7, 11) is 0. The Kier molecular flexibility index (Phi) is 4.79. The van der Waals surface area contributed by atoms with Gasteiger partial charge in [-0.1, -0.05) is 0 Å². The van der Waals surface area contributed by atoms with Crippen molar-refractivity contribution in [1.29, 1.82) is 0 Å². The highest BCUT2D eigenvalue weighted by Crippen LogP contribution is 2.12. The third kappa shape index (κ3) is 4.00. The van der Waals surface area contributed by atoms with E-state index in [2.05, 4.69) is 10.6 Å². The number of piperidine rings is 1. The molecule has 82 valence electrons. The van der Waals surface area contributed by atoms with E-state index in [9.17, 15) is 13.6 Å². The second-order valence-electron chi connectivity index (χ2n) is 3.59. The van der Waals surface area contributed by atoms with Crippen LogP contribution in [-0.4, -0.2) is 32.0 Å². The van der Waals surface area contributed by atoms with Crippen LogP contribution in [-0.2, 0) is 4.79 Å². The van der Waals surface area contributed by atoms with Gasteiger partial charge in [0.25, 0.3) is 5.91 Å². The highest BCUT2D eigenvalue weighted by atomic mass is 19.3. The summed E-state index contributed by atoms with van der Waals surface area (Å²) in [5.41, 5.74) is 0. The Morgan fingerprint density at radius 3 is 2.93 bits per heavy atom. The van der Waals surface area contributed by atoms with Gasteiger partial charge in [0.1, 0.15) is 0 Å². The maximum Gasteiger partial charge on any atom is 0.315 e. The molecule has 1 aliphatic heterocycles. The van der Waals surface area contributed by atoms with Crippen LogP contribution in [0.15, 0.2) is 0 Å². The Morgan fingerprint density at radius 2 is 2.36 bits per heavy atom. The van der Waals surface area contributed by atoms with Crippen molar-refractivity contribution in [1.82, 2.24) is 10.6 Å². The van der Waals surface area contributed by atoms with Gasteiger partial charge in [0.2, 0.25) is 0 Å². The summed E-state index contributed by atoms with van der Waals surface area (Å²) in [5, 5.41) is 5.45. The first kappa shape index (κ1) is 11.4. The zero-order valence-electron chi connectivity index (χ0n) is 8.06. The van der Waals surface area contributed by atoms with Gasteiger partial charge in [0, 0.05) is 6.54 Å². The number of alkyl halides is 2. The van der Waals surface area contributed by atoms with E-state index in [4.69, 9.17) is 0 Å². The topological polar surface area (TPSA) is 41.1 Å². The van der Waals surface area contributed by atoms with Gasteiger partial charge in [-0.05, 0) is 38.3 Å². The first-order valence-corrected chi connectivity index (χ1v) is 4.96. The normalized spacial score (nSPS) is 22.4. The van der Waals surface area contributed by atoms with Crippen molar-refractivity contribution in [3.8, 4) is 0 Å². The Labute approximate surface area is 82.2 Å². The monoisotopic (exact) mass is 206 g/mol. The van der Waals surface area contributed by atoms with Crippen LogP contribution in [0, 0.1) is 5.92 Å². The molecule has 1 rings (SSSR count). The van der Waals surface area contributed by atoms with Crippen LogP contribution in [0.1, 0.15) is 19.3 Å². The summed E-state index contributed by atoms with van der Waals surface area (Å²) >= 11 is 0. The van der Waals surface area contributed by atoms with E-state index in [-0.39, 0.29) is 0 Å². The molecule has 1 heterocycles. The van der Waals surface area contributed by atoms with Crippen LogP contribution in [0.4, 0.5) is 8.78 Å². The highest BCUT2D eigenvalue weighted by Gasteiger charge is 2.16. The largest absolute Gasteiger partial charge is 0.351 e. The van der Waals surface area contributed by atoms with Gasteiger partial charge in [-0.25, -0.2) is 0 Å². The van der Waals surface area contributed by atoms with Gasteiger partial charge in [-0.15, -0.1) is 0 Å². The first-order valence-electron chi connectivity index (χ1n) is 4.96. The zero-order valence-corrected chi connectivity index (χ0v) is 8.06. The van der Waals surface area contributed by atoms with Gasteiger partial charge in [0.05, 0.1) is 0 Å². The van der Waals surface area contributed by atoms with Crippen LogP contribution in [0.3, 0.4) is 0 Å². The van der Waals surface area contributed by atoms with Crippen molar-refractivity contribution in [2.24, 2.45) is 5.92 Å². The fourth-order valence-electron chi connectivity index (χ4n) is 1.65. The predicted octanol–water partition coefficient (Wildman–Crippen LogP) is 0.757. The summed E-state index contributed by atoms with van der Waals surface area (Å²) in [6.07, 6.45) is 0.149. The molecule has 3 nitrogen and oxygen atoms in total. The number of rotatable bonds is 4. The lowest BCUT2D eigenvalue weighted by Gasteiger charge is -2.22. The van der Waals surface area contributed by atoms with E-state index in [1.807, 2.05) is 0 Å². The van der Waals surface area contributed by atoms with E-state index >= 15 is 0 Å². The van der Waals surface area contributed by atoms with Crippen LogP contribution in [0.25, 0.3) is 0 Å². The van der Waals surface area contributed by atoms with E-state index in [0.29, 0.717) is 12.5 Å². The number of nitrogens with one attached hydrogen (secondary N) is 2. The smallest absolute Gasteiger partial charge is 0.315 e. The first-order chi connectivity index (χ1) is 6.70. The molecular formula is C9H16F2N2O. The van der Waals surface area contributed by atoms with Gasteiger partial charge in [0.15, 0.2) is 0 Å². The minimum Gasteiger partial charge on any atom is -0.351 e. The quantitative estimate of drug-likeness (QED) is 0.713. The van der Waals surface area contributed by atoms with Gasteiger partial charge < -0.3 is 10.6 Å². The molecule has 0 aromatic carbocycles. The third-order valence-electron chi connectivity index (χ3n) is 2.45. The lowest BCUT2D eigenvalue weighted by molar-refractivity contribution is -0.131. The van der Waals surface area contributed by atoms with E-state index in [1.165, 1.54) is 0 Å². The number of hydrogen-bond acceptors (Lipinski definition) is 2. The molecular weight excluding hydrogens is 190 g/mol. The van der Waals surface area contributed by atoms with E-state index < -0.39 is 12.3 Å². The maximum absolute atomic E-state index is 11.8. The molecule has 0 bridgehead atoms. The average Bonchev–Trinajstić information content (AvgIpc) is 2.19. The van der Waals surface area contributed by atoms with Gasteiger partial charge in [-0.2, -0.15) is 8.78 Å². The Balaban J connectivity index is 2.05. The van der Waals surface area contributed by atoms with E-state index in [0.717, 1.165) is 32.4 Å². The molecule has 0 spiro atoms. The number of halogens is 2. The molecule has 1 unspecified atom stereocenters. The van der Waals surface area contributed by atoms with Crippen LogP contribution in [0.2, 0.25) is 0 Å². The Hall–Kier alpha value is -0.710. The Bertz CT molecular complexity index is 182. The van der Waals surface area contributed by atoms with E-state index in [1.54, 1.807) is 0 Å². The number of hydrogen-bond donors (Lipinski definition) is 2. The van der Waals surface area contributed by atoms with Gasteiger partial charge in [-0.3, -0.25) is 4.79 Å². The number of amides is 1. The lowest BCUT2D eigenvalue weighted by Crippen LogP contribution is -2.35. The fraction of sp³-hybridized carbons (Fsp3) is 0.889. The molecule has 0 aliphatic carbocycles. The Morgan fingerprint density at radius 1 is 1.57 bits per heavy atom. The van der Waals surface area contributed by atoms with Crippen molar-refractivity contribution in [2.75, 3.05) is 19.6 Å². The summed E-state index contributed by atoms with van der Waals surface area (Å²) in [5.74, 6) is -0.643. The van der Waals surface area contributed by atoms with Crippen molar-refractivity contribution in [3.05, 3.63) is 0 Å². The SMILES string of the molecule is O=C(NCCC1CCCNC1)C(F)F. The zero-order chi connectivity index (χ0) is 10.4. The molecule has 14 heavy (non-hydrogen) atoms. The number of carbonyl (C=O) groups is 1. The second-order valence-corrected chi connectivity index (χ2v) is 3.59. The fourth-order valence-corrected chi connectivity index (χ4v) is 1.65. The standard InChI is InChI=1S/C9H16F2N2O/c10-8(11)9(14)13-5-3-7-2-1-4-12-6-7/h7-8,12H,1-6H2,(H,13,14). The molecule has 1 aliphatic rings. The summed E-state index contributed by atoms with van der Waals surface area (Å²) in [6.45, 7) is 2.33. The molecule has 1 atom stereocenters. The van der Waals surface area contributed by atoms with Crippen LogP contribution >= 0.6 is 0 Å². The minimum atomic E-state index is -2.89. The molecule has 0 aromatic rings. The van der Waals surface area contributed by atoms with Crippen LogP contribution in [0.5, 0.6) is 0 Å². The molecule has 2 N–H and O–H groups in total. The van der Waals surface area contributed by atoms with Crippen molar-refractivity contribution in [2.45, 2.75) is 25.7 Å². The molecule has 0 radical (unpaired) electrons. The number of carbonyl (C=O) groups excluding carboxylic acids is 1. The second kappa shape index (κ2) is 5.90. The highest BCUT2D eigenvalue weighted by molar-refractivity contribution is 5.78. The minimum absolute atomic E-state index is 0.357. The molecule has 1 saturated heterocycles. The van der Waals surface area contributed by atoms with Crippen LogP contribution < -0.4 is 10.6 Å². The van der Waals surface area contributed by atoms with Crippen molar-refractivity contribution < 1.29 is 13.6 Å². The summed E-state index contributed by atoms with van der Waals surface area (Å²) in [4.78, 5) is 10.5. The maximum atomic E-state index is 11.8. The van der Waals surface area contributed by atoms with Crippen molar-refractivity contribution in [3.63, 3.8) is 0 Å². The van der Waals surface area contributed by atoms with Gasteiger partial charge >= 0.3 is 6.43 Å². The van der Waals surface area contributed by atoms with Crippen molar-refractivity contribution >= 4 is 5.91 Å². The third-order valence-corrected chi connectivity index (χ3v) is 2.45. The molecule has 1 fully saturated rings. The average molecular weight is 206 g/mol.